The number of benzene rings is 1. The number of anilines is 2. The van der Waals surface area contributed by atoms with E-state index in [4.69, 9.17) is 37.3 Å². The molecule has 3 saturated heterocycles. The third-order valence-corrected chi connectivity index (χ3v) is 8.28. The third kappa shape index (κ3) is 8.31. The highest BCUT2D eigenvalue weighted by Gasteiger charge is 2.40. The molecule has 6 N–H and O–H groups in total. The Kier molecular flexibility index (Phi) is 10.4. The van der Waals surface area contributed by atoms with Crippen molar-refractivity contribution >= 4 is 52.9 Å². The van der Waals surface area contributed by atoms with Crippen LogP contribution in [-0.4, -0.2) is 114 Å². The van der Waals surface area contributed by atoms with Crippen molar-refractivity contribution in [1.82, 2.24) is 30.4 Å². The van der Waals surface area contributed by atoms with Crippen LogP contribution in [0.3, 0.4) is 0 Å². The first-order chi connectivity index (χ1) is 22.1. The average Bonchev–Trinajstić information content (AvgIpc) is 3.45. The Labute approximate surface area is 269 Å². The Bertz CT molecular complexity index is 1490. The maximum absolute atomic E-state index is 12.9. The molecule has 0 bridgehead atoms. The van der Waals surface area contributed by atoms with E-state index in [-0.39, 0.29) is 53.0 Å². The number of nitrogens with two attached hydrogens (primary N) is 2. The highest BCUT2D eigenvalue weighted by molar-refractivity contribution is 6.31. The molecule has 2 aromatic rings. The van der Waals surface area contributed by atoms with Crippen LogP contribution in [0.5, 0.6) is 5.75 Å². The topological polar surface area (TPSA) is 217 Å². The van der Waals surface area contributed by atoms with Gasteiger partial charge in [0.15, 0.2) is 41.7 Å². The number of aryl methyl sites for hydroxylation is 1. The zero-order valence-corrected chi connectivity index (χ0v) is 25.9. The minimum atomic E-state index is -0.707. The van der Waals surface area contributed by atoms with Crippen LogP contribution < -0.4 is 26.8 Å². The monoisotopic (exact) mass is 657 g/mol. The second-order valence-electron chi connectivity index (χ2n) is 11.1. The molecule has 0 aliphatic carbocycles. The molecule has 0 unspecified atom stereocenters. The molecule has 4 heterocycles. The van der Waals surface area contributed by atoms with Crippen LogP contribution >= 0.6 is 11.6 Å². The Hall–Kier alpha value is -4.70. The maximum atomic E-state index is 12.9. The summed E-state index contributed by atoms with van der Waals surface area (Å²) < 4.78 is 15.7. The minimum absolute atomic E-state index is 0.0499. The van der Waals surface area contributed by atoms with Crippen LogP contribution in [0, 0.1) is 0 Å². The SMILES string of the molecule is Nc1nc(N)c(C(=O)/N=C2\NCC3(CCN(C(=O)CCc4ccc(OCC(=O)OCC(=O)N5CCOCC5)cc4)CC3)N2)nc1Cl. The second kappa shape index (κ2) is 14.6. The van der Waals surface area contributed by atoms with E-state index in [1.165, 1.54) is 0 Å². The van der Waals surface area contributed by atoms with E-state index < -0.39 is 11.9 Å². The molecule has 16 nitrogen and oxygen atoms in total. The molecule has 1 aromatic heterocycles. The Morgan fingerprint density at radius 3 is 2.37 bits per heavy atom. The summed E-state index contributed by atoms with van der Waals surface area (Å²) in [5, 5.41) is 6.27. The van der Waals surface area contributed by atoms with Crippen LogP contribution in [0.1, 0.15) is 35.3 Å². The standard InChI is InChI=1S/C29H36ClN9O7/c30-24-26(32)35-25(31)23(34-24)27(43)36-28-33-17-29(37-28)7-9-38(10-8-29)20(40)6-3-18-1-4-19(5-2-18)45-16-22(42)46-15-21(41)39-11-13-44-14-12-39/h1-2,4-5H,3,6-17H2,(H4,31,32,35)(H2,33,36,37,43). The molecule has 0 saturated carbocycles. The van der Waals surface area contributed by atoms with E-state index in [2.05, 4.69) is 25.6 Å². The molecule has 1 aromatic carbocycles. The van der Waals surface area contributed by atoms with Gasteiger partial charge in [0.1, 0.15) is 5.75 Å². The molecular weight excluding hydrogens is 622 g/mol. The molecule has 0 radical (unpaired) electrons. The van der Waals surface area contributed by atoms with Crippen molar-refractivity contribution < 1.29 is 33.4 Å². The van der Waals surface area contributed by atoms with Crippen LogP contribution in [-0.2, 0) is 30.3 Å². The number of amides is 3. The number of carbonyl (C=O) groups is 4. The first kappa shape index (κ1) is 32.7. The van der Waals surface area contributed by atoms with E-state index in [1.54, 1.807) is 17.0 Å². The van der Waals surface area contributed by atoms with Crippen LogP contribution in [0.25, 0.3) is 0 Å². The lowest BCUT2D eigenvalue weighted by atomic mass is 9.88. The van der Waals surface area contributed by atoms with E-state index in [0.29, 0.717) is 83.3 Å². The number of aliphatic imine (C=N–C) groups is 1. The summed E-state index contributed by atoms with van der Waals surface area (Å²) in [5.74, 6) is -1.02. The van der Waals surface area contributed by atoms with E-state index >= 15 is 0 Å². The number of likely N-dealkylation sites (tertiary alicyclic amines) is 1. The smallest absolute Gasteiger partial charge is 0.344 e. The summed E-state index contributed by atoms with van der Waals surface area (Å²) in [4.78, 5) is 64.8. The minimum Gasteiger partial charge on any atom is -0.482 e. The number of carbonyl (C=O) groups excluding carboxylic acids is 4. The first-order valence-electron chi connectivity index (χ1n) is 14.8. The summed E-state index contributed by atoms with van der Waals surface area (Å²) in [6.45, 7) is 2.93. The van der Waals surface area contributed by atoms with Gasteiger partial charge in [-0.15, -0.1) is 0 Å². The molecule has 3 aliphatic heterocycles. The number of ether oxygens (including phenoxy) is 3. The van der Waals surface area contributed by atoms with Gasteiger partial charge in [0.2, 0.25) is 5.91 Å². The summed E-state index contributed by atoms with van der Waals surface area (Å²) in [7, 11) is 0. The van der Waals surface area contributed by atoms with Gasteiger partial charge >= 0.3 is 11.9 Å². The van der Waals surface area contributed by atoms with Gasteiger partial charge in [-0.25, -0.2) is 14.8 Å². The van der Waals surface area contributed by atoms with Crippen molar-refractivity contribution in [1.29, 1.82) is 0 Å². The lowest BCUT2D eigenvalue weighted by Gasteiger charge is -2.38. The van der Waals surface area contributed by atoms with E-state index in [1.807, 2.05) is 17.0 Å². The fraction of sp³-hybridized carbons (Fsp3) is 0.483. The van der Waals surface area contributed by atoms with Gasteiger partial charge in [0.05, 0.1) is 18.8 Å². The molecule has 3 amide bonds. The van der Waals surface area contributed by atoms with Gasteiger partial charge in [0, 0.05) is 39.1 Å². The van der Waals surface area contributed by atoms with Gasteiger partial charge < -0.3 is 46.1 Å². The largest absolute Gasteiger partial charge is 0.482 e. The number of nitrogens with zero attached hydrogens (tertiary/aromatic N) is 5. The molecule has 0 atom stereocenters. The Morgan fingerprint density at radius 1 is 0.957 bits per heavy atom. The lowest BCUT2D eigenvalue weighted by Crippen LogP contribution is -2.53. The number of rotatable bonds is 9. The van der Waals surface area contributed by atoms with Crippen molar-refractivity contribution in [3.63, 3.8) is 0 Å². The fourth-order valence-corrected chi connectivity index (χ4v) is 5.42. The number of piperidine rings is 1. The average molecular weight is 658 g/mol. The van der Waals surface area contributed by atoms with E-state index in [9.17, 15) is 19.2 Å². The molecular formula is C29H36ClN9O7. The molecule has 46 heavy (non-hydrogen) atoms. The van der Waals surface area contributed by atoms with Gasteiger partial charge in [0.25, 0.3) is 5.91 Å². The van der Waals surface area contributed by atoms with Crippen LogP contribution in [0.15, 0.2) is 29.3 Å². The fourth-order valence-electron chi connectivity index (χ4n) is 5.29. The van der Waals surface area contributed by atoms with Gasteiger partial charge in [-0.05, 0) is 37.0 Å². The number of esters is 1. The summed E-state index contributed by atoms with van der Waals surface area (Å²) in [6.07, 6.45) is 2.23. The van der Waals surface area contributed by atoms with Crippen molar-refractivity contribution in [3.05, 3.63) is 40.7 Å². The van der Waals surface area contributed by atoms with Crippen molar-refractivity contribution in [2.45, 2.75) is 31.2 Å². The predicted octanol–water partition coefficient (Wildman–Crippen LogP) is -0.242. The number of nitrogen functional groups attached to an aromatic ring is 2. The maximum Gasteiger partial charge on any atom is 0.344 e. The molecule has 1 spiro atoms. The summed E-state index contributed by atoms with van der Waals surface area (Å²) in [5.41, 5.74) is 11.7. The number of hydrogen-bond acceptors (Lipinski definition) is 11. The highest BCUT2D eigenvalue weighted by atomic mass is 35.5. The van der Waals surface area contributed by atoms with Gasteiger partial charge in [-0.3, -0.25) is 14.4 Å². The zero-order chi connectivity index (χ0) is 32.7. The summed E-state index contributed by atoms with van der Waals surface area (Å²) >= 11 is 5.87. The molecule has 3 aliphatic rings. The molecule has 246 valence electrons. The molecule has 17 heteroatoms. The highest BCUT2D eigenvalue weighted by Crippen LogP contribution is 2.26. The zero-order valence-electron chi connectivity index (χ0n) is 25.1. The van der Waals surface area contributed by atoms with Crippen LogP contribution in [0.2, 0.25) is 5.15 Å². The molecule has 5 rings (SSSR count). The molecule has 3 fully saturated rings. The third-order valence-electron chi connectivity index (χ3n) is 8.00. The van der Waals surface area contributed by atoms with Gasteiger partial charge in [-0.2, -0.15) is 4.99 Å². The van der Waals surface area contributed by atoms with Crippen molar-refractivity contribution in [3.8, 4) is 5.75 Å². The number of aromatic nitrogens is 2. The summed E-state index contributed by atoms with van der Waals surface area (Å²) in [6, 6.07) is 7.13. The Morgan fingerprint density at radius 2 is 1.65 bits per heavy atom. The number of nitrogens with one attached hydrogen (secondary N) is 2. The first-order valence-corrected chi connectivity index (χ1v) is 15.2. The van der Waals surface area contributed by atoms with Crippen LogP contribution in [0.4, 0.5) is 11.6 Å². The van der Waals surface area contributed by atoms with Gasteiger partial charge in [-0.1, -0.05) is 23.7 Å². The number of guanidine groups is 1. The number of morpholine rings is 1. The number of hydrogen-bond donors (Lipinski definition) is 4. The van der Waals surface area contributed by atoms with Crippen molar-refractivity contribution in [2.75, 3.05) is 70.6 Å². The quantitative estimate of drug-likeness (QED) is 0.256. The predicted molar refractivity (Wildman–Crippen MR) is 166 cm³/mol. The Balaban J connectivity index is 1.01. The second-order valence-corrected chi connectivity index (χ2v) is 11.5. The lowest BCUT2D eigenvalue weighted by molar-refractivity contribution is -0.155. The van der Waals surface area contributed by atoms with E-state index in [0.717, 1.165) is 5.56 Å². The van der Waals surface area contributed by atoms with Crippen molar-refractivity contribution in [2.24, 2.45) is 4.99 Å². The normalized spacial score (nSPS) is 18.2. The number of halogens is 1.